The summed E-state index contributed by atoms with van der Waals surface area (Å²) in [5, 5.41) is 17.0. The number of aromatic nitrogens is 6. The van der Waals surface area contributed by atoms with Crippen molar-refractivity contribution in [2.45, 2.75) is 24.9 Å². The minimum atomic E-state index is -2.68. The quantitative estimate of drug-likeness (QED) is 0.565. The van der Waals surface area contributed by atoms with E-state index in [9.17, 15) is 13.9 Å². The molecule has 0 aliphatic heterocycles. The molecule has 9 heteroatoms. The molecule has 1 aliphatic rings. The molecule has 0 saturated heterocycles. The first-order valence-electron chi connectivity index (χ1n) is 8.86. The third-order valence-electron chi connectivity index (χ3n) is 5.09. The highest BCUT2D eigenvalue weighted by Gasteiger charge is 2.48. The number of halogens is 2. The monoisotopic (exact) mass is 382 g/mol. The number of alkyl halides is 2. The van der Waals surface area contributed by atoms with Gasteiger partial charge in [0.2, 0.25) is 5.92 Å². The average Bonchev–Trinajstić information content (AvgIpc) is 3.35. The molecule has 3 heterocycles. The lowest BCUT2D eigenvalue weighted by molar-refractivity contribution is -0.143. The SMILES string of the molecule is OC(c1cnc2c(ccn2-c2cccc(-c3ncn[nH]3)c2)n1)C1CC(F)(F)C1. The number of hydrogen-bond acceptors (Lipinski definition) is 5. The number of nitrogens with one attached hydrogen (secondary N) is 1. The molecule has 1 unspecified atom stereocenters. The molecular formula is C19H16F2N6O. The molecule has 0 radical (unpaired) electrons. The van der Waals surface area contributed by atoms with Gasteiger partial charge in [-0.2, -0.15) is 5.10 Å². The van der Waals surface area contributed by atoms with E-state index in [0.717, 1.165) is 11.3 Å². The van der Waals surface area contributed by atoms with Crippen molar-refractivity contribution in [3.05, 3.63) is 54.7 Å². The Labute approximate surface area is 158 Å². The lowest BCUT2D eigenvalue weighted by Crippen LogP contribution is -2.39. The highest BCUT2D eigenvalue weighted by molar-refractivity contribution is 5.74. The van der Waals surface area contributed by atoms with Gasteiger partial charge in [0, 0.05) is 36.2 Å². The Balaban J connectivity index is 1.47. The molecule has 4 aromatic rings. The third kappa shape index (κ3) is 2.84. The van der Waals surface area contributed by atoms with E-state index in [1.165, 1.54) is 12.5 Å². The van der Waals surface area contributed by atoms with Crippen molar-refractivity contribution in [3.63, 3.8) is 0 Å². The van der Waals surface area contributed by atoms with E-state index >= 15 is 0 Å². The molecule has 28 heavy (non-hydrogen) atoms. The van der Waals surface area contributed by atoms with Gasteiger partial charge in [-0.1, -0.05) is 12.1 Å². The standard InChI is InChI=1S/C19H16F2N6O/c20-19(21)7-12(8-19)16(28)15-9-22-18-14(25-15)4-5-27(18)13-3-1-2-11(6-13)17-23-10-24-26-17/h1-6,9-10,12,16,28H,7-8H2,(H,23,24,26). The predicted molar refractivity (Wildman–Crippen MR) is 96.9 cm³/mol. The summed E-state index contributed by atoms with van der Waals surface area (Å²) in [5.74, 6) is -2.50. The lowest BCUT2D eigenvalue weighted by Gasteiger charge is -2.37. The van der Waals surface area contributed by atoms with Crippen LogP contribution < -0.4 is 0 Å². The Morgan fingerprint density at radius 2 is 2.07 bits per heavy atom. The van der Waals surface area contributed by atoms with Crippen molar-refractivity contribution in [1.82, 2.24) is 29.7 Å². The van der Waals surface area contributed by atoms with Gasteiger partial charge in [-0.3, -0.25) is 9.67 Å². The van der Waals surface area contributed by atoms with E-state index < -0.39 is 17.9 Å². The Bertz CT molecular complexity index is 1130. The van der Waals surface area contributed by atoms with Crippen molar-refractivity contribution in [1.29, 1.82) is 0 Å². The van der Waals surface area contributed by atoms with E-state index in [1.54, 1.807) is 6.07 Å². The summed E-state index contributed by atoms with van der Waals surface area (Å²) >= 11 is 0. The van der Waals surface area contributed by atoms with Crippen LogP contribution in [0.1, 0.15) is 24.6 Å². The largest absolute Gasteiger partial charge is 0.386 e. The van der Waals surface area contributed by atoms with Crippen molar-refractivity contribution in [2.24, 2.45) is 5.92 Å². The normalized spacial score (nSPS) is 17.5. The van der Waals surface area contributed by atoms with Crippen LogP contribution in [0, 0.1) is 5.92 Å². The third-order valence-corrected chi connectivity index (χ3v) is 5.09. The second-order valence-electron chi connectivity index (χ2n) is 7.04. The van der Waals surface area contributed by atoms with Crippen LogP contribution in [-0.4, -0.2) is 40.7 Å². The molecular weight excluding hydrogens is 366 g/mol. The Kier molecular flexibility index (Phi) is 3.73. The Morgan fingerprint density at radius 1 is 1.21 bits per heavy atom. The number of hydrogen-bond donors (Lipinski definition) is 2. The summed E-state index contributed by atoms with van der Waals surface area (Å²) < 4.78 is 28.0. The highest BCUT2D eigenvalue weighted by Crippen LogP contribution is 2.47. The highest BCUT2D eigenvalue weighted by atomic mass is 19.3. The van der Waals surface area contributed by atoms with Crippen LogP contribution in [0.5, 0.6) is 0 Å². The van der Waals surface area contributed by atoms with Crippen molar-refractivity contribution >= 4 is 11.2 Å². The second-order valence-corrected chi connectivity index (χ2v) is 7.04. The van der Waals surface area contributed by atoms with E-state index in [4.69, 9.17) is 0 Å². The van der Waals surface area contributed by atoms with E-state index in [-0.39, 0.29) is 12.8 Å². The first-order valence-corrected chi connectivity index (χ1v) is 8.86. The van der Waals surface area contributed by atoms with Gasteiger partial charge in [-0.25, -0.2) is 23.7 Å². The zero-order valence-corrected chi connectivity index (χ0v) is 14.6. The topological polar surface area (TPSA) is 92.5 Å². The lowest BCUT2D eigenvalue weighted by atomic mass is 9.77. The summed E-state index contributed by atoms with van der Waals surface area (Å²) in [6.07, 6.45) is 3.07. The maximum Gasteiger partial charge on any atom is 0.248 e. The van der Waals surface area contributed by atoms with Crippen LogP contribution in [-0.2, 0) is 0 Å². The van der Waals surface area contributed by atoms with Crippen molar-refractivity contribution in [3.8, 4) is 17.1 Å². The van der Waals surface area contributed by atoms with Gasteiger partial charge in [-0.15, -0.1) is 0 Å². The number of aliphatic hydroxyl groups excluding tert-OH is 1. The van der Waals surface area contributed by atoms with Gasteiger partial charge < -0.3 is 5.11 Å². The van der Waals surface area contributed by atoms with Crippen LogP contribution in [0.2, 0.25) is 0 Å². The number of aromatic amines is 1. The first-order chi connectivity index (χ1) is 13.5. The van der Waals surface area contributed by atoms with Crippen LogP contribution in [0.25, 0.3) is 28.2 Å². The molecule has 0 spiro atoms. The van der Waals surface area contributed by atoms with Crippen LogP contribution >= 0.6 is 0 Å². The fraction of sp³-hybridized carbons (Fsp3) is 0.263. The minimum absolute atomic E-state index is 0.316. The number of benzene rings is 1. The molecule has 0 amide bonds. The molecule has 1 saturated carbocycles. The zero-order chi connectivity index (χ0) is 19.3. The summed E-state index contributed by atoms with van der Waals surface area (Å²) in [6, 6.07) is 9.49. The van der Waals surface area contributed by atoms with Crippen LogP contribution in [0.15, 0.2) is 49.1 Å². The minimum Gasteiger partial charge on any atom is -0.386 e. The molecule has 142 valence electrons. The number of aliphatic hydroxyl groups is 1. The summed E-state index contributed by atoms with van der Waals surface area (Å²) in [6.45, 7) is 0. The van der Waals surface area contributed by atoms with Gasteiger partial charge >= 0.3 is 0 Å². The number of rotatable bonds is 4. The van der Waals surface area contributed by atoms with Gasteiger partial charge in [0.15, 0.2) is 11.5 Å². The Hall–Kier alpha value is -3.20. The molecule has 1 atom stereocenters. The molecule has 1 aliphatic carbocycles. The maximum absolute atomic E-state index is 13.1. The molecule has 3 aromatic heterocycles. The number of nitrogens with zero attached hydrogens (tertiary/aromatic N) is 5. The predicted octanol–water partition coefficient (Wildman–Crippen LogP) is 3.28. The van der Waals surface area contributed by atoms with Crippen LogP contribution in [0.3, 0.4) is 0 Å². The smallest absolute Gasteiger partial charge is 0.248 e. The van der Waals surface area contributed by atoms with E-state index in [0.29, 0.717) is 22.7 Å². The zero-order valence-electron chi connectivity index (χ0n) is 14.6. The summed E-state index contributed by atoms with van der Waals surface area (Å²) in [5.41, 5.74) is 3.27. The van der Waals surface area contributed by atoms with E-state index in [1.807, 2.05) is 35.0 Å². The van der Waals surface area contributed by atoms with Gasteiger partial charge in [0.25, 0.3) is 0 Å². The fourth-order valence-electron chi connectivity index (χ4n) is 3.60. The molecule has 1 aromatic carbocycles. The first kappa shape index (κ1) is 16.9. The second kappa shape index (κ2) is 6.16. The van der Waals surface area contributed by atoms with Crippen molar-refractivity contribution in [2.75, 3.05) is 0 Å². The molecule has 1 fully saturated rings. The molecule has 0 bridgehead atoms. The maximum atomic E-state index is 13.1. The van der Waals surface area contributed by atoms with Gasteiger partial charge in [0.05, 0.1) is 11.9 Å². The van der Waals surface area contributed by atoms with Crippen molar-refractivity contribution < 1.29 is 13.9 Å². The molecule has 2 N–H and O–H groups in total. The van der Waals surface area contributed by atoms with Gasteiger partial charge in [0.1, 0.15) is 17.9 Å². The Morgan fingerprint density at radius 3 is 2.82 bits per heavy atom. The fourth-order valence-corrected chi connectivity index (χ4v) is 3.60. The van der Waals surface area contributed by atoms with E-state index in [2.05, 4.69) is 25.1 Å². The average molecular weight is 382 g/mol. The number of H-pyrrole nitrogens is 1. The summed E-state index contributed by atoms with van der Waals surface area (Å²) in [7, 11) is 0. The number of fused-ring (bicyclic) bond motifs is 1. The molecule has 5 rings (SSSR count). The summed E-state index contributed by atoms with van der Waals surface area (Å²) in [4.78, 5) is 13.0. The van der Waals surface area contributed by atoms with Crippen LogP contribution in [0.4, 0.5) is 8.78 Å². The molecule has 7 nitrogen and oxygen atoms in total. The van der Waals surface area contributed by atoms with Gasteiger partial charge in [-0.05, 0) is 18.2 Å².